The number of imide groups is 1. The van der Waals surface area contributed by atoms with Crippen LogP contribution in [0, 0.1) is 0 Å². The highest BCUT2D eigenvalue weighted by molar-refractivity contribution is 6.22. The Labute approximate surface area is 185 Å². The van der Waals surface area contributed by atoms with Crippen molar-refractivity contribution in [3.63, 3.8) is 0 Å². The molecule has 0 spiro atoms. The van der Waals surface area contributed by atoms with Gasteiger partial charge in [-0.2, -0.15) is 0 Å². The summed E-state index contributed by atoms with van der Waals surface area (Å²) < 4.78 is 5.57. The molecule has 1 N–H and O–H groups in total. The molecule has 1 saturated heterocycles. The molecule has 0 aromatic heterocycles. The lowest BCUT2D eigenvalue weighted by Gasteiger charge is -2.17. The van der Waals surface area contributed by atoms with Crippen LogP contribution in [-0.4, -0.2) is 41.9 Å². The predicted octanol–water partition coefficient (Wildman–Crippen LogP) is 4.38. The van der Waals surface area contributed by atoms with E-state index in [1.54, 1.807) is 30.3 Å². The molecule has 0 radical (unpaired) electrons. The van der Waals surface area contributed by atoms with E-state index in [-0.39, 0.29) is 30.4 Å². The topological polar surface area (TPSA) is 75.7 Å². The fourth-order valence-corrected chi connectivity index (χ4v) is 4.17. The van der Waals surface area contributed by atoms with E-state index in [4.69, 9.17) is 4.74 Å². The Morgan fingerprint density at radius 1 is 0.906 bits per heavy atom. The number of nitrogens with one attached hydrogen (secondary N) is 1. The van der Waals surface area contributed by atoms with Gasteiger partial charge in [-0.15, -0.1) is 0 Å². The van der Waals surface area contributed by atoms with Gasteiger partial charge in [0, 0.05) is 17.9 Å². The van der Waals surface area contributed by atoms with E-state index < -0.39 is 0 Å². The van der Waals surface area contributed by atoms with Gasteiger partial charge in [0.2, 0.25) is 0 Å². The number of hydrogen-bond acceptors (Lipinski definition) is 4. The van der Waals surface area contributed by atoms with E-state index >= 15 is 0 Å². The van der Waals surface area contributed by atoms with Crippen LogP contribution < -0.4 is 5.32 Å². The van der Waals surface area contributed by atoms with Crippen LogP contribution in [0.5, 0.6) is 0 Å². The van der Waals surface area contributed by atoms with Crippen LogP contribution >= 0.6 is 0 Å². The predicted molar refractivity (Wildman–Crippen MR) is 121 cm³/mol. The van der Waals surface area contributed by atoms with Gasteiger partial charge in [-0.05, 0) is 54.3 Å². The van der Waals surface area contributed by atoms with Crippen molar-refractivity contribution in [1.82, 2.24) is 4.90 Å². The molecule has 0 saturated carbocycles. The number of hydrogen-bond donors (Lipinski definition) is 1. The molecule has 3 amide bonds. The molecule has 1 unspecified atom stereocenters. The van der Waals surface area contributed by atoms with Crippen molar-refractivity contribution in [3.8, 4) is 11.1 Å². The van der Waals surface area contributed by atoms with Gasteiger partial charge >= 0.3 is 0 Å². The normalized spacial score (nSPS) is 17.5. The summed E-state index contributed by atoms with van der Waals surface area (Å²) in [6.07, 6.45) is 1.68. The molecule has 6 heteroatoms. The number of carbonyl (C=O) groups is 3. The number of carbonyl (C=O) groups excluding carboxylic acids is 3. The molecule has 1 atom stereocenters. The van der Waals surface area contributed by atoms with Gasteiger partial charge in [-0.3, -0.25) is 19.3 Å². The van der Waals surface area contributed by atoms with Crippen LogP contribution in [0.3, 0.4) is 0 Å². The molecule has 2 aliphatic heterocycles. The summed E-state index contributed by atoms with van der Waals surface area (Å²) in [6, 6.07) is 22.1. The van der Waals surface area contributed by atoms with Gasteiger partial charge in [0.05, 0.1) is 23.8 Å². The molecule has 160 valence electrons. The standard InChI is InChI=1S/C26H22N2O4/c29-24(19-10-8-18(9-11-19)17-5-2-1-3-6-17)27-20-12-13-22-23(15-20)26(31)28(25(22)30)16-21-7-4-14-32-21/h1-3,5-6,8-13,15,21H,4,7,14,16H2,(H,27,29). The second-order valence-corrected chi connectivity index (χ2v) is 8.01. The largest absolute Gasteiger partial charge is 0.376 e. The highest BCUT2D eigenvalue weighted by Crippen LogP contribution is 2.28. The first-order valence-corrected chi connectivity index (χ1v) is 10.7. The van der Waals surface area contributed by atoms with Gasteiger partial charge in [-0.1, -0.05) is 42.5 Å². The van der Waals surface area contributed by atoms with Crippen LogP contribution in [0.1, 0.15) is 43.9 Å². The zero-order chi connectivity index (χ0) is 22.1. The van der Waals surface area contributed by atoms with Gasteiger partial charge in [-0.25, -0.2) is 0 Å². The van der Waals surface area contributed by atoms with E-state index in [1.807, 2.05) is 42.5 Å². The Morgan fingerprint density at radius 3 is 2.34 bits per heavy atom. The van der Waals surface area contributed by atoms with Crippen molar-refractivity contribution in [2.75, 3.05) is 18.5 Å². The van der Waals surface area contributed by atoms with Crippen molar-refractivity contribution < 1.29 is 19.1 Å². The van der Waals surface area contributed by atoms with Crippen LogP contribution in [0.15, 0.2) is 72.8 Å². The Balaban J connectivity index is 1.30. The van der Waals surface area contributed by atoms with E-state index in [0.717, 1.165) is 24.0 Å². The van der Waals surface area contributed by atoms with Crippen LogP contribution in [0.25, 0.3) is 11.1 Å². The number of amides is 3. The maximum absolute atomic E-state index is 12.8. The summed E-state index contributed by atoms with van der Waals surface area (Å²) in [5.41, 5.74) is 3.75. The molecule has 5 rings (SSSR count). The van der Waals surface area contributed by atoms with Crippen molar-refractivity contribution in [1.29, 1.82) is 0 Å². The third-order valence-corrected chi connectivity index (χ3v) is 5.89. The number of benzene rings is 3. The summed E-state index contributed by atoms with van der Waals surface area (Å²) in [4.78, 5) is 39.4. The number of ether oxygens (including phenoxy) is 1. The third kappa shape index (κ3) is 3.81. The van der Waals surface area contributed by atoms with E-state index in [0.29, 0.717) is 29.0 Å². The zero-order valence-corrected chi connectivity index (χ0v) is 17.4. The number of fused-ring (bicyclic) bond motifs is 1. The second-order valence-electron chi connectivity index (χ2n) is 8.01. The fourth-order valence-electron chi connectivity index (χ4n) is 4.17. The summed E-state index contributed by atoms with van der Waals surface area (Å²) in [6.45, 7) is 0.929. The first kappa shape index (κ1) is 20.2. The molecule has 1 fully saturated rings. The lowest BCUT2D eigenvalue weighted by molar-refractivity contribution is 0.0475. The average molecular weight is 426 g/mol. The quantitative estimate of drug-likeness (QED) is 0.615. The summed E-state index contributed by atoms with van der Waals surface area (Å²) in [5, 5.41) is 2.82. The molecule has 2 aliphatic rings. The fraction of sp³-hybridized carbons (Fsp3) is 0.192. The molecule has 6 nitrogen and oxygen atoms in total. The third-order valence-electron chi connectivity index (χ3n) is 5.89. The Hall–Kier alpha value is -3.77. The highest BCUT2D eigenvalue weighted by Gasteiger charge is 2.37. The van der Waals surface area contributed by atoms with Crippen molar-refractivity contribution in [2.24, 2.45) is 0 Å². The minimum Gasteiger partial charge on any atom is -0.376 e. The number of rotatable bonds is 5. The molecular weight excluding hydrogens is 404 g/mol. The second kappa shape index (κ2) is 8.40. The van der Waals surface area contributed by atoms with Gasteiger partial charge < -0.3 is 10.1 Å². The SMILES string of the molecule is O=C(Nc1ccc2c(c1)C(=O)N(CC1CCCO1)C2=O)c1ccc(-c2ccccc2)cc1. The lowest BCUT2D eigenvalue weighted by atomic mass is 10.0. The molecule has 0 bridgehead atoms. The Bertz CT molecular complexity index is 1180. The van der Waals surface area contributed by atoms with Crippen LogP contribution in [0.4, 0.5) is 5.69 Å². The zero-order valence-electron chi connectivity index (χ0n) is 17.4. The van der Waals surface area contributed by atoms with Crippen molar-refractivity contribution in [3.05, 3.63) is 89.5 Å². The first-order chi connectivity index (χ1) is 15.6. The lowest BCUT2D eigenvalue weighted by Crippen LogP contribution is -2.36. The molecule has 3 aromatic carbocycles. The summed E-state index contributed by atoms with van der Waals surface area (Å²) in [5.74, 6) is -0.934. The maximum atomic E-state index is 12.8. The minimum absolute atomic E-state index is 0.102. The van der Waals surface area contributed by atoms with Gasteiger partial charge in [0.15, 0.2) is 0 Å². The van der Waals surface area contributed by atoms with E-state index in [2.05, 4.69) is 5.32 Å². The monoisotopic (exact) mass is 426 g/mol. The molecule has 2 heterocycles. The maximum Gasteiger partial charge on any atom is 0.261 e. The highest BCUT2D eigenvalue weighted by atomic mass is 16.5. The molecule has 32 heavy (non-hydrogen) atoms. The summed E-state index contributed by atoms with van der Waals surface area (Å²) >= 11 is 0. The van der Waals surface area contributed by atoms with E-state index in [9.17, 15) is 14.4 Å². The van der Waals surface area contributed by atoms with Gasteiger partial charge in [0.25, 0.3) is 17.7 Å². The van der Waals surface area contributed by atoms with Crippen molar-refractivity contribution in [2.45, 2.75) is 18.9 Å². The molecule has 3 aromatic rings. The summed E-state index contributed by atoms with van der Waals surface area (Å²) in [7, 11) is 0. The Kier molecular flexibility index (Phi) is 5.29. The molecule has 0 aliphatic carbocycles. The average Bonchev–Trinajstić information content (AvgIpc) is 3.43. The first-order valence-electron chi connectivity index (χ1n) is 10.7. The van der Waals surface area contributed by atoms with Crippen LogP contribution in [-0.2, 0) is 4.74 Å². The number of nitrogens with zero attached hydrogens (tertiary/aromatic N) is 1. The van der Waals surface area contributed by atoms with Crippen molar-refractivity contribution >= 4 is 23.4 Å². The van der Waals surface area contributed by atoms with Gasteiger partial charge in [0.1, 0.15) is 0 Å². The number of anilines is 1. The smallest absolute Gasteiger partial charge is 0.261 e. The molecular formula is C26H22N2O4. The van der Waals surface area contributed by atoms with E-state index in [1.165, 1.54) is 4.90 Å². The minimum atomic E-state index is -0.344. The Morgan fingerprint density at radius 2 is 1.62 bits per heavy atom. The van der Waals surface area contributed by atoms with Crippen LogP contribution in [0.2, 0.25) is 0 Å².